The van der Waals surface area contributed by atoms with Crippen LogP contribution in [0.15, 0.2) is 53.1 Å². The molecule has 1 aromatic heterocycles. The minimum Gasteiger partial charge on any atom is -0.339 e. The van der Waals surface area contributed by atoms with Crippen molar-refractivity contribution in [1.82, 2.24) is 10.1 Å². The monoisotopic (exact) mass is 341 g/mol. The van der Waals surface area contributed by atoms with Gasteiger partial charge in [-0.15, -0.1) is 0 Å². The van der Waals surface area contributed by atoms with E-state index in [1.807, 2.05) is 31.2 Å². The minimum atomic E-state index is -0.118. The number of carbonyl (C=O) groups is 1. The summed E-state index contributed by atoms with van der Waals surface area (Å²) in [5, 5.41) is 7.41. The Kier molecular flexibility index (Phi) is 4.91. The number of anilines is 1. The zero-order chi connectivity index (χ0) is 16.9. The van der Waals surface area contributed by atoms with Crippen LogP contribution >= 0.6 is 11.6 Å². The van der Waals surface area contributed by atoms with Gasteiger partial charge in [0.05, 0.1) is 0 Å². The largest absolute Gasteiger partial charge is 0.339 e. The average Bonchev–Trinajstić information content (AvgIpc) is 3.04. The van der Waals surface area contributed by atoms with Crippen molar-refractivity contribution in [3.63, 3.8) is 0 Å². The van der Waals surface area contributed by atoms with Gasteiger partial charge in [-0.1, -0.05) is 41.0 Å². The van der Waals surface area contributed by atoms with Gasteiger partial charge < -0.3 is 9.84 Å². The van der Waals surface area contributed by atoms with Crippen LogP contribution in [0.25, 0.3) is 11.4 Å². The number of aromatic nitrogens is 2. The molecule has 3 rings (SSSR count). The number of hydrogen-bond acceptors (Lipinski definition) is 4. The quantitative estimate of drug-likeness (QED) is 0.752. The summed E-state index contributed by atoms with van der Waals surface area (Å²) in [6.07, 6.45) is 0.649. The molecule has 0 bridgehead atoms. The van der Waals surface area contributed by atoms with Crippen molar-refractivity contribution in [2.24, 2.45) is 0 Å². The van der Waals surface area contributed by atoms with Gasteiger partial charge >= 0.3 is 0 Å². The maximum Gasteiger partial charge on any atom is 0.227 e. The summed E-state index contributed by atoms with van der Waals surface area (Å²) in [4.78, 5) is 16.3. The number of amides is 1. The maximum absolute atomic E-state index is 12.0. The molecule has 6 heteroatoms. The Balaban J connectivity index is 1.58. The Hall–Kier alpha value is -2.66. The second-order valence-electron chi connectivity index (χ2n) is 5.38. The Morgan fingerprint density at radius 2 is 1.92 bits per heavy atom. The third-order valence-corrected chi connectivity index (χ3v) is 3.80. The fraction of sp³-hybridized carbons (Fsp3) is 0.167. The van der Waals surface area contributed by atoms with Crippen LogP contribution in [-0.4, -0.2) is 16.0 Å². The third-order valence-electron chi connectivity index (χ3n) is 3.55. The lowest BCUT2D eigenvalue weighted by Gasteiger charge is -2.03. The fourth-order valence-corrected chi connectivity index (χ4v) is 2.39. The predicted octanol–water partition coefficient (Wildman–Crippen LogP) is 4.27. The number of carbonyl (C=O) groups excluding carboxylic acids is 1. The number of hydrogen-bond donors (Lipinski definition) is 1. The zero-order valence-electron chi connectivity index (χ0n) is 13.1. The van der Waals surface area contributed by atoms with Gasteiger partial charge in [0.2, 0.25) is 17.6 Å². The maximum atomic E-state index is 12.0. The summed E-state index contributed by atoms with van der Waals surface area (Å²) in [6, 6.07) is 14.8. The second-order valence-corrected chi connectivity index (χ2v) is 5.82. The molecule has 0 radical (unpaired) electrons. The molecule has 0 aliphatic heterocycles. The van der Waals surface area contributed by atoms with Crippen molar-refractivity contribution < 1.29 is 9.32 Å². The summed E-state index contributed by atoms with van der Waals surface area (Å²) >= 11 is 5.81. The highest BCUT2D eigenvalue weighted by Gasteiger charge is 2.12. The number of nitrogens with one attached hydrogen (secondary N) is 1. The third kappa shape index (κ3) is 4.00. The lowest BCUT2D eigenvalue weighted by atomic mass is 10.1. The van der Waals surface area contributed by atoms with E-state index in [0.717, 1.165) is 11.1 Å². The number of benzene rings is 2. The first-order valence-corrected chi connectivity index (χ1v) is 7.93. The first-order chi connectivity index (χ1) is 11.6. The van der Waals surface area contributed by atoms with Gasteiger partial charge in [-0.05, 0) is 36.8 Å². The zero-order valence-corrected chi connectivity index (χ0v) is 13.9. The van der Waals surface area contributed by atoms with Gasteiger partial charge in [0.1, 0.15) is 0 Å². The Morgan fingerprint density at radius 1 is 1.17 bits per heavy atom. The smallest absolute Gasteiger partial charge is 0.227 e. The molecule has 122 valence electrons. The lowest BCUT2D eigenvalue weighted by Crippen LogP contribution is -2.12. The molecule has 1 amide bonds. The van der Waals surface area contributed by atoms with Crippen molar-refractivity contribution in [1.29, 1.82) is 0 Å². The van der Waals surface area contributed by atoms with Crippen LogP contribution in [0.4, 0.5) is 5.69 Å². The molecule has 0 atom stereocenters. The van der Waals surface area contributed by atoms with E-state index in [9.17, 15) is 4.79 Å². The summed E-state index contributed by atoms with van der Waals surface area (Å²) in [7, 11) is 0. The minimum absolute atomic E-state index is 0.118. The highest BCUT2D eigenvalue weighted by atomic mass is 35.5. The summed E-state index contributed by atoms with van der Waals surface area (Å²) in [5.74, 6) is 0.869. The molecule has 0 fully saturated rings. The van der Waals surface area contributed by atoms with Gasteiger partial charge in [0.15, 0.2) is 0 Å². The van der Waals surface area contributed by atoms with Crippen LogP contribution in [0.2, 0.25) is 5.02 Å². The molecule has 1 N–H and O–H groups in total. The number of aryl methyl sites for hydroxylation is 2. The normalized spacial score (nSPS) is 10.6. The molecule has 24 heavy (non-hydrogen) atoms. The average molecular weight is 342 g/mol. The van der Waals surface area contributed by atoms with Gasteiger partial charge in [0, 0.05) is 29.1 Å². The lowest BCUT2D eigenvalue weighted by molar-refractivity contribution is -0.116. The summed E-state index contributed by atoms with van der Waals surface area (Å²) in [5.41, 5.74) is 2.71. The van der Waals surface area contributed by atoms with Crippen LogP contribution in [0.1, 0.15) is 17.9 Å². The first kappa shape index (κ1) is 16.2. The van der Waals surface area contributed by atoms with Gasteiger partial charge in [-0.3, -0.25) is 4.79 Å². The predicted molar refractivity (Wildman–Crippen MR) is 92.9 cm³/mol. The van der Waals surface area contributed by atoms with Gasteiger partial charge in [-0.25, -0.2) is 0 Å². The molecule has 1 heterocycles. The number of nitrogens with zero attached hydrogens (tertiary/aromatic N) is 2. The Bertz CT molecular complexity index is 843. The van der Waals surface area contributed by atoms with E-state index < -0.39 is 0 Å². The van der Waals surface area contributed by atoms with E-state index in [-0.39, 0.29) is 12.3 Å². The molecule has 0 spiro atoms. The van der Waals surface area contributed by atoms with Crippen LogP contribution in [0.3, 0.4) is 0 Å². The van der Waals surface area contributed by atoms with E-state index in [4.69, 9.17) is 16.1 Å². The van der Waals surface area contributed by atoms with E-state index in [1.165, 1.54) is 0 Å². The molecule has 3 aromatic rings. The topological polar surface area (TPSA) is 68.0 Å². The molecule has 0 aliphatic rings. The van der Waals surface area contributed by atoms with Gasteiger partial charge in [0.25, 0.3) is 0 Å². The molecule has 0 aliphatic carbocycles. The SMILES string of the molecule is Cc1ccccc1-c1noc(CCC(=O)Nc2ccc(Cl)cc2)n1. The van der Waals surface area contributed by atoms with Crippen LogP contribution < -0.4 is 5.32 Å². The van der Waals surface area contributed by atoms with Crippen molar-refractivity contribution in [3.8, 4) is 11.4 Å². The van der Waals surface area contributed by atoms with E-state index in [1.54, 1.807) is 24.3 Å². The van der Waals surface area contributed by atoms with Gasteiger partial charge in [-0.2, -0.15) is 4.98 Å². The molecule has 0 saturated heterocycles. The van der Waals surface area contributed by atoms with E-state index in [2.05, 4.69) is 15.5 Å². The standard InChI is InChI=1S/C18H16ClN3O2/c1-12-4-2-3-5-15(12)18-21-17(24-22-18)11-10-16(23)20-14-8-6-13(19)7-9-14/h2-9H,10-11H2,1H3,(H,20,23). The van der Waals surface area contributed by atoms with Crippen molar-refractivity contribution in [3.05, 3.63) is 65.0 Å². The highest BCUT2D eigenvalue weighted by Crippen LogP contribution is 2.20. The summed E-state index contributed by atoms with van der Waals surface area (Å²) in [6.45, 7) is 1.99. The van der Waals surface area contributed by atoms with Crippen LogP contribution in [-0.2, 0) is 11.2 Å². The first-order valence-electron chi connectivity index (χ1n) is 7.56. The molecule has 0 saturated carbocycles. The number of halogens is 1. The summed E-state index contributed by atoms with van der Waals surface area (Å²) < 4.78 is 5.23. The van der Waals surface area contributed by atoms with E-state index in [0.29, 0.717) is 28.8 Å². The van der Waals surface area contributed by atoms with Crippen molar-refractivity contribution in [2.45, 2.75) is 19.8 Å². The molecular formula is C18H16ClN3O2. The van der Waals surface area contributed by atoms with Crippen LogP contribution in [0, 0.1) is 6.92 Å². The Labute approximate surface area is 144 Å². The number of rotatable bonds is 5. The van der Waals surface area contributed by atoms with Crippen LogP contribution in [0.5, 0.6) is 0 Å². The molecular weight excluding hydrogens is 326 g/mol. The molecule has 0 unspecified atom stereocenters. The van der Waals surface area contributed by atoms with Crippen molar-refractivity contribution in [2.75, 3.05) is 5.32 Å². The van der Waals surface area contributed by atoms with E-state index >= 15 is 0 Å². The molecule has 5 nitrogen and oxygen atoms in total. The highest BCUT2D eigenvalue weighted by molar-refractivity contribution is 6.30. The molecule has 2 aromatic carbocycles. The van der Waals surface area contributed by atoms with Crippen molar-refractivity contribution >= 4 is 23.2 Å². The second kappa shape index (κ2) is 7.27. The Morgan fingerprint density at radius 3 is 2.67 bits per heavy atom. The fourth-order valence-electron chi connectivity index (χ4n) is 2.27.